The molecule has 0 aliphatic carbocycles. The number of β-amino-alcohol motifs (C(OH)–C–C–N with tert-alkyl or cyclic N) is 1. The van der Waals surface area contributed by atoms with Gasteiger partial charge in [0, 0.05) is 27.7 Å². The molecule has 0 saturated carbocycles. The molecule has 3 rings (SSSR count). The van der Waals surface area contributed by atoms with E-state index >= 15 is 0 Å². The topological polar surface area (TPSA) is 41.5 Å². The molecule has 0 aliphatic rings. The molecule has 0 aliphatic heterocycles. The minimum absolute atomic E-state index is 0.166. The highest BCUT2D eigenvalue weighted by Gasteiger charge is 2.21. The zero-order valence-electron chi connectivity index (χ0n) is 17.7. The molecule has 30 heavy (non-hydrogen) atoms. The second kappa shape index (κ2) is 10.1. The maximum absolute atomic E-state index is 10.4. The Morgan fingerprint density at radius 3 is 2.33 bits per heavy atom. The maximum Gasteiger partial charge on any atom is 0.0898 e. The Morgan fingerprint density at radius 1 is 0.967 bits per heavy atom. The number of aliphatic hydroxyl groups is 1. The normalized spacial score (nSPS) is 14.1. The molecule has 0 bridgehead atoms. The van der Waals surface area contributed by atoms with Crippen LogP contribution in [0.5, 0.6) is 0 Å². The standard InChI is InChI=1S/C25H29Cl2NO2/c1-17(24-22(26)9-6-10-23(24)27)30-16-21(29)15-28-25(2,3)14-18-11-12-19-7-4-5-8-20(19)13-18/h4-13,17,21,28-29H,14-16H2,1-3H3. The Hall–Kier alpha value is -1.62. The summed E-state index contributed by atoms with van der Waals surface area (Å²) in [7, 11) is 0. The van der Waals surface area contributed by atoms with E-state index in [1.807, 2.05) is 6.92 Å². The fourth-order valence-corrected chi connectivity index (χ4v) is 4.32. The van der Waals surface area contributed by atoms with Crippen molar-refractivity contribution in [1.29, 1.82) is 0 Å². The molecule has 2 atom stereocenters. The average Bonchev–Trinajstić information content (AvgIpc) is 2.70. The van der Waals surface area contributed by atoms with Gasteiger partial charge in [-0.3, -0.25) is 0 Å². The van der Waals surface area contributed by atoms with Gasteiger partial charge in [-0.1, -0.05) is 71.7 Å². The summed E-state index contributed by atoms with van der Waals surface area (Å²) in [5.74, 6) is 0. The number of hydrogen-bond donors (Lipinski definition) is 2. The van der Waals surface area contributed by atoms with Gasteiger partial charge >= 0.3 is 0 Å². The molecule has 0 amide bonds. The van der Waals surface area contributed by atoms with Crippen molar-refractivity contribution in [2.24, 2.45) is 0 Å². The van der Waals surface area contributed by atoms with Crippen LogP contribution in [0.1, 0.15) is 38.0 Å². The van der Waals surface area contributed by atoms with Gasteiger partial charge in [0.05, 0.1) is 18.8 Å². The first kappa shape index (κ1) is 23.1. The predicted octanol–water partition coefficient (Wildman–Crippen LogP) is 6.20. The zero-order valence-corrected chi connectivity index (χ0v) is 19.2. The highest BCUT2D eigenvalue weighted by molar-refractivity contribution is 6.36. The molecule has 0 fully saturated rings. The van der Waals surface area contributed by atoms with Crippen molar-refractivity contribution >= 4 is 34.0 Å². The first-order valence-electron chi connectivity index (χ1n) is 10.2. The number of halogens is 2. The lowest BCUT2D eigenvalue weighted by Gasteiger charge is -2.28. The molecule has 0 aromatic heterocycles. The van der Waals surface area contributed by atoms with E-state index in [0.29, 0.717) is 16.6 Å². The predicted molar refractivity (Wildman–Crippen MR) is 127 cm³/mol. The molecule has 2 unspecified atom stereocenters. The fourth-order valence-electron chi connectivity index (χ4n) is 3.61. The van der Waals surface area contributed by atoms with Crippen molar-refractivity contribution < 1.29 is 9.84 Å². The van der Waals surface area contributed by atoms with Crippen LogP contribution >= 0.6 is 23.2 Å². The van der Waals surface area contributed by atoms with E-state index in [4.69, 9.17) is 27.9 Å². The lowest BCUT2D eigenvalue weighted by molar-refractivity contribution is -0.00410. The molecule has 3 aromatic rings. The van der Waals surface area contributed by atoms with Gasteiger partial charge in [-0.25, -0.2) is 0 Å². The summed E-state index contributed by atoms with van der Waals surface area (Å²) in [4.78, 5) is 0. The number of nitrogens with one attached hydrogen (secondary N) is 1. The number of aliphatic hydroxyl groups excluding tert-OH is 1. The number of ether oxygens (including phenoxy) is 1. The highest BCUT2D eigenvalue weighted by atomic mass is 35.5. The monoisotopic (exact) mass is 445 g/mol. The van der Waals surface area contributed by atoms with E-state index in [2.05, 4.69) is 61.6 Å². The van der Waals surface area contributed by atoms with Crippen LogP contribution < -0.4 is 5.32 Å². The molecule has 3 nitrogen and oxygen atoms in total. The van der Waals surface area contributed by atoms with Gasteiger partial charge in [-0.05, 0) is 55.7 Å². The number of fused-ring (bicyclic) bond motifs is 1. The summed E-state index contributed by atoms with van der Waals surface area (Å²) in [6, 6.07) is 20.3. The molecule has 3 aromatic carbocycles. The van der Waals surface area contributed by atoms with E-state index in [-0.39, 0.29) is 18.2 Å². The van der Waals surface area contributed by atoms with Crippen molar-refractivity contribution in [1.82, 2.24) is 5.32 Å². The third-order valence-corrected chi connectivity index (χ3v) is 5.88. The maximum atomic E-state index is 10.4. The third-order valence-electron chi connectivity index (χ3n) is 5.22. The van der Waals surface area contributed by atoms with Crippen molar-refractivity contribution in [3.63, 3.8) is 0 Å². The Labute approximate surface area is 189 Å². The van der Waals surface area contributed by atoms with Crippen molar-refractivity contribution in [2.45, 2.75) is 44.9 Å². The van der Waals surface area contributed by atoms with E-state index in [1.54, 1.807) is 18.2 Å². The molecule has 5 heteroatoms. The zero-order chi connectivity index (χ0) is 21.7. The van der Waals surface area contributed by atoms with E-state index in [1.165, 1.54) is 16.3 Å². The van der Waals surface area contributed by atoms with Crippen LogP contribution in [-0.2, 0) is 11.2 Å². The first-order valence-corrected chi connectivity index (χ1v) is 11.0. The van der Waals surface area contributed by atoms with Gasteiger partial charge < -0.3 is 15.2 Å². The second-order valence-corrected chi connectivity index (χ2v) is 9.20. The first-order chi connectivity index (χ1) is 14.2. The molecule has 0 heterocycles. The van der Waals surface area contributed by atoms with Crippen molar-refractivity contribution in [2.75, 3.05) is 13.2 Å². The Balaban J connectivity index is 1.50. The quantitative estimate of drug-likeness (QED) is 0.412. The Bertz CT molecular complexity index is 970. The van der Waals surface area contributed by atoms with Crippen LogP contribution in [0.4, 0.5) is 0 Å². The van der Waals surface area contributed by atoms with E-state index in [9.17, 15) is 5.11 Å². The Morgan fingerprint density at radius 2 is 1.63 bits per heavy atom. The molecule has 0 radical (unpaired) electrons. The van der Waals surface area contributed by atoms with Crippen LogP contribution in [0.2, 0.25) is 10.0 Å². The fraction of sp³-hybridized carbons (Fsp3) is 0.360. The molecular weight excluding hydrogens is 417 g/mol. The second-order valence-electron chi connectivity index (χ2n) is 8.39. The summed E-state index contributed by atoms with van der Waals surface area (Å²) in [5, 5.41) is 17.5. The van der Waals surface area contributed by atoms with E-state index < -0.39 is 6.10 Å². The van der Waals surface area contributed by atoms with Gasteiger partial charge in [0.1, 0.15) is 0 Å². The minimum Gasteiger partial charge on any atom is -0.389 e. The number of rotatable bonds is 9. The lowest BCUT2D eigenvalue weighted by atomic mass is 9.93. The van der Waals surface area contributed by atoms with Gasteiger partial charge in [-0.15, -0.1) is 0 Å². The minimum atomic E-state index is -0.635. The number of hydrogen-bond acceptors (Lipinski definition) is 3. The van der Waals surface area contributed by atoms with Crippen LogP contribution in [0.25, 0.3) is 10.8 Å². The summed E-state index contributed by atoms with van der Waals surface area (Å²) in [5.41, 5.74) is 1.85. The third kappa shape index (κ3) is 6.19. The van der Waals surface area contributed by atoms with Crippen LogP contribution in [0, 0.1) is 0 Å². The van der Waals surface area contributed by atoms with Crippen LogP contribution in [0.15, 0.2) is 60.7 Å². The molecule has 2 N–H and O–H groups in total. The summed E-state index contributed by atoms with van der Waals surface area (Å²) < 4.78 is 5.82. The Kier molecular flexibility index (Phi) is 7.78. The smallest absolute Gasteiger partial charge is 0.0898 e. The van der Waals surface area contributed by atoms with Gasteiger partial charge in [0.25, 0.3) is 0 Å². The largest absolute Gasteiger partial charge is 0.389 e. The van der Waals surface area contributed by atoms with Crippen LogP contribution in [0.3, 0.4) is 0 Å². The molecule has 160 valence electrons. The summed E-state index contributed by atoms with van der Waals surface area (Å²) >= 11 is 12.5. The van der Waals surface area contributed by atoms with Gasteiger partial charge in [-0.2, -0.15) is 0 Å². The van der Waals surface area contributed by atoms with E-state index in [0.717, 1.165) is 12.0 Å². The van der Waals surface area contributed by atoms with Crippen LogP contribution in [-0.4, -0.2) is 29.9 Å². The SMILES string of the molecule is CC(OCC(O)CNC(C)(C)Cc1ccc2ccccc2c1)c1c(Cl)cccc1Cl. The lowest BCUT2D eigenvalue weighted by Crippen LogP contribution is -2.46. The van der Waals surface area contributed by atoms with Crippen molar-refractivity contribution in [3.05, 3.63) is 81.8 Å². The highest BCUT2D eigenvalue weighted by Crippen LogP contribution is 2.32. The van der Waals surface area contributed by atoms with Crippen molar-refractivity contribution in [3.8, 4) is 0 Å². The number of benzene rings is 3. The summed E-state index contributed by atoms with van der Waals surface area (Å²) in [6.07, 6.45) is -0.0760. The summed E-state index contributed by atoms with van der Waals surface area (Å²) in [6.45, 7) is 6.80. The molecule has 0 saturated heterocycles. The average molecular weight is 446 g/mol. The molecule has 0 spiro atoms. The molecular formula is C25H29Cl2NO2. The van der Waals surface area contributed by atoms with Gasteiger partial charge in [0.15, 0.2) is 0 Å². The van der Waals surface area contributed by atoms with Gasteiger partial charge in [0.2, 0.25) is 0 Å².